The molecule has 0 spiro atoms. The van der Waals surface area contributed by atoms with Crippen LogP contribution >= 0.6 is 22.9 Å². The van der Waals surface area contributed by atoms with Crippen molar-refractivity contribution in [1.82, 2.24) is 5.32 Å². The summed E-state index contributed by atoms with van der Waals surface area (Å²) in [5.74, 6) is -0.941. The molecule has 1 amide bonds. The predicted octanol–water partition coefficient (Wildman–Crippen LogP) is 5.14. The highest BCUT2D eigenvalue weighted by Crippen LogP contribution is 2.38. The molecule has 0 saturated carbocycles. The Bertz CT molecular complexity index is 1170. The van der Waals surface area contributed by atoms with Crippen molar-refractivity contribution in [2.24, 2.45) is 0 Å². The predicted molar refractivity (Wildman–Crippen MR) is 122 cm³/mol. The molecule has 33 heavy (non-hydrogen) atoms. The van der Waals surface area contributed by atoms with Gasteiger partial charge in [0.05, 0.1) is 23.6 Å². The van der Waals surface area contributed by atoms with E-state index in [1.807, 2.05) is 24.4 Å². The Morgan fingerprint density at radius 2 is 1.91 bits per heavy atom. The summed E-state index contributed by atoms with van der Waals surface area (Å²) in [5, 5.41) is 16.1. The Morgan fingerprint density at radius 3 is 2.58 bits per heavy atom. The van der Waals surface area contributed by atoms with E-state index in [2.05, 4.69) is 5.32 Å². The number of nitrogens with one attached hydrogen (secondary N) is 1. The summed E-state index contributed by atoms with van der Waals surface area (Å²) in [6, 6.07) is 11.7. The second kappa shape index (κ2) is 10.8. The minimum absolute atomic E-state index is 0.0467. The van der Waals surface area contributed by atoms with Gasteiger partial charge in [-0.05, 0) is 48.7 Å². The van der Waals surface area contributed by atoms with Crippen molar-refractivity contribution in [2.75, 3.05) is 13.7 Å². The molecule has 0 bridgehead atoms. The standard InChI is InChI=1S/C22H19ClN2O7S/c1-13(20-4-3-9-33-20)24-21(26)12-31-22(27)14-5-7-18(19(10-14)30-2)32-17-8-6-15(23)11-16(17)25(28)29/h3-11,13H,12H2,1-2H3,(H,24,26). The molecule has 0 radical (unpaired) electrons. The van der Waals surface area contributed by atoms with Crippen LogP contribution in [-0.4, -0.2) is 30.5 Å². The summed E-state index contributed by atoms with van der Waals surface area (Å²) in [7, 11) is 1.35. The Labute approximate surface area is 198 Å². The lowest BCUT2D eigenvalue weighted by molar-refractivity contribution is -0.385. The van der Waals surface area contributed by atoms with Crippen LogP contribution < -0.4 is 14.8 Å². The fourth-order valence-corrected chi connectivity index (χ4v) is 3.72. The third kappa shape index (κ3) is 6.21. The summed E-state index contributed by atoms with van der Waals surface area (Å²) in [6.07, 6.45) is 0. The van der Waals surface area contributed by atoms with Crippen LogP contribution in [0.5, 0.6) is 17.2 Å². The number of hydrogen-bond acceptors (Lipinski definition) is 8. The number of carbonyl (C=O) groups is 2. The van der Waals surface area contributed by atoms with Crippen molar-refractivity contribution in [1.29, 1.82) is 0 Å². The molecule has 1 atom stereocenters. The highest BCUT2D eigenvalue weighted by molar-refractivity contribution is 7.10. The maximum Gasteiger partial charge on any atom is 0.338 e. The number of ether oxygens (including phenoxy) is 3. The van der Waals surface area contributed by atoms with E-state index in [9.17, 15) is 19.7 Å². The van der Waals surface area contributed by atoms with Gasteiger partial charge in [0.25, 0.3) is 5.91 Å². The third-order valence-corrected chi connectivity index (χ3v) is 5.71. The van der Waals surface area contributed by atoms with Crippen molar-refractivity contribution in [3.05, 3.63) is 79.5 Å². The number of benzene rings is 2. The summed E-state index contributed by atoms with van der Waals surface area (Å²) < 4.78 is 15.9. The molecule has 9 nitrogen and oxygen atoms in total. The van der Waals surface area contributed by atoms with Gasteiger partial charge in [-0.15, -0.1) is 11.3 Å². The normalized spacial score (nSPS) is 11.4. The Morgan fingerprint density at radius 1 is 1.15 bits per heavy atom. The fourth-order valence-electron chi connectivity index (χ4n) is 2.82. The molecule has 0 aliphatic carbocycles. The highest BCUT2D eigenvalue weighted by atomic mass is 35.5. The summed E-state index contributed by atoms with van der Waals surface area (Å²) in [4.78, 5) is 36.1. The largest absolute Gasteiger partial charge is 0.493 e. The number of hydrogen-bond donors (Lipinski definition) is 1. The monoisotopic (exact) mass is 490 g/mol. The van der Waals surface area contributed by atoms with Crippen molar-refractivity contribution >= 4 is 40.5 Å². The molecule has 3 aromatic rings. The number of nitrogens with zero attached hydrogens (tertiary/aromatic N) is 1. The first-order chi connectivity index (χ1) is 15.8. The Hall–Kier alpha value is -3.63. The first-order valence-electron chi connectivity index (χ1n) is 9.58. The van der Waals surface area contributed by atoms with E-state index in [1.54, 1.807) is 0 Å². The average Bonchev–Trinajstić information content (AvgIpc) is 3.34. The molecule has 1 aromatic heterocycles. The van der Waals surface area contributed by atoms with Crippen LogP contribution in [0.3, 0.4) is 0 Å². The van der Waals surface area contributed by atoms with Gasteiger partial charge in [-0.1, -0.05) is 17.7 Å². The average molecular weight is 491 g/mol. The van der Waals surface area contributed by atoms with E-state index in [0.29, 0.717) is 0 Å². The molecule has 1 heterocycles. The van der Waals surface area contributed by atoms with Gasteiger partial charge in [-0.2, -0.15) is 0 Å². The number of rotatable bonds is 9. The topological polar surface area (TPSA) is 117 Å². The molecular formula is C22H19ClN2O7S. The van der Waals surface area contributed by atoms with Gasteiger partial charge in [-0.25, -0.2) is 4.79 Å². The number of amides is 1. The molecule has 2 aromatic carbocycles. The van der Waals surface area contributed by atoms with Crippen LogP contribution in [0, 0.1) is 10.1 Å². The smallest absolute Gasteiger partial charge is 0.338 e. The summed E-state index contributed by atoms with van der Waals surface area (Å²) in [5.41, 5.74) is -0.209. The number of nitro groups is 1. The van der Waals surface area contributed by atoms with Gasteiger partial charge in [0.15, 0.2) is 18.1 Å². The molecule has 11 heteroatoms. The van der Waals surface area contributed by atoms with Crippen molar-refractivity contribution in [3.8, 4) is 17.2 Å². The van der Waals surface area contributed by atoms with Gasteiger partial charge in [-0.3, -0.25) is 14.9 Å². The zero-order chi connectivity index (χ0) is 24.0. The molecule has 1 unspecified atom stereocenters. The van der Waals surface area contributed by atoms with Crippen molar-refractivity contribution in [3.63, 3.8) is 0 Å². The Kier molecular flexibility index (Phi) is 7.86. The quantitative estimate of drug-likeness (QED) is 0.250. The van der Waals surface area contributed by atoms with Crippen LogP contribution in [0.15, 0.2) is 53.9 Å². The second-order valence-electron chi connectivity index (χ2n) is 6.72. The van der Waals surface area contributed by atoms with Crippen LogP contribution in [0.25, 0.3) is 0 Å². The molecule has 0 fully saturated rings. The number of nitro benzene ring substituents is 1. The highest BCUT2D eigenvalue weighted by Gasteiger charge is 2.20. The van der Waals surface area contributed by atoms with Gasteiger partial charge in [0, 0.05) is 16.0 Å². The minimum atomic E-state index is -0.740. The number of esters is 1. The van der Waals surface area contributed by atoms with Gasteiger partial charge >= 0.3 is 11.7 Å². The molecule has 172 valence electrons. The molecule has 0 aliphatic rings. The van der Waals surface area contributed by atoms with Crippen LogP contribution in [0.2, 0.25) is 5.02 Å². The fraction of sp³-hybridized carbons (Fsp3) is 0.182. The first kappa shape index (κ1) is 24.0. The van der Waals surface area contributed by atoms with E-state index in [-0.39, 0.29) is 39.6 Å². The molecular weight excluding hydrogens is 472 g/mol. The van der Waals surface area contributed by atoms with Crippen LogP contribution in [-0.2, 0) is 9.53 Å². The third-order valence-electron chi connectivity index (χ3n) is 4.42. The number of carbonyl (C=O) groups excluding carboxylic acids is 2. The van der Waals surface area contributed by atoms with Crippen LogP contribution in [0.1, 0.15) is 28.2 Å². The summed E-state index contributed by atoms with van der Waals surface area (Å²) >= 11 is 7.33. The Balaban J connectivity index is 1.66. The second-order valence-corrected chi connectivity index (χ2v) is 8.13. The number of methoxy groups -OCH3 is 1. The maximum absolute atomic E-state index is 12.4. The van der Waals surface area contributed by atoms with Gasteiger partial charge < -0.3 is 19.5 Å². The van der Waals surface area contributed by atoms with Gasteiger partial charge in [0.1, 0.15) is 0 Å². The van der Waals surface area contributed by atoms with E-state index in [0.717, 1.165) is 4.88 Å². The number of halogens is 1. The molecule has 0 aliphatic heterocycles. The van der Waals surface area contributed by atoms with E-state index in [1.165, 1.54) is 54.8 Å². The van der Waals surface area contributed by atoms with Crippen molar-refractivity contribution in [2.45, 2.75) is 13.0 Å². The van der Waals surface area contributed by atoms with E-state index < -0.39 is 23.4 Å². The van der Waals surface area contributed by atoms with E-state index >= 15 is 0 Å². The minimum Gasteiger partial charge on any atom is -0.493 e. The maximum atomic E-state index is 12.4. The van der Waals surface area contributed by atoms with Crippen molar-refractivity contribution < 1.29 is 28.7 Å². The molecule has 3 rings (SSSR count). The summed E-state index contributed by atoms with van der Waals surface area (Å²) in [6.45, 7) is 1.38. The zero-order valence-corrected chi connectivity index (χ0v) is 19.1. The SMILES string of the molecule is COc1cc(C(=O)OCC(=O)NC(C)c2cccs2)ccc1Oc1ccc(Cl)cc1[N+](=O)[O-]. The lowest BCUT2D eigenvalue weighted by atomic mass is 10.2. The van der Waals surface area contributed by atoms with Crippen LogP contribution in [0.4, 0.5) is 5.69 Å². The number of thiophene rings is 1. The van der Waals surface area contributed by atoms with E-state index in [4.69, 9.17) is 25.8 Å². The molecule has 0 saturated heterocycles. The first-order valence-corrected chi connectivity index (χ1v) is 10.8. The lowest BCUT2D eigenvalue weighted by Gasteiger charge is -2.13. The zero-order valence-electron chi connectivity index (χ0n) is 17.6. The lowest BCUT2D eigenvalue weighted by Crippen LogP contribution is -2.30. The molecule has 1 N–H and O–H groups in total. The van der Waals surface area contributed by atoms with Gasteiger partial charge in [0.2, 0.25) is 5.75 Å².